The molecule has 0 aliphatic carbocycles. The Labute approximate surface area is 122 Å². The van der Waals surface area contributed by atoms with Crippen LogP contribution in [-0.2, 0) is 9.59 Å². The van der Waals surface area contributed by atoms with Crippen molar-refractivity contribution in [2.24, 2.45) is 5.73 Å². The molecular formula is C13H17ClN4O2. The molecule has 1 aromatic carbocycles. The Balaban J connectivity index is 1.95. The van der Waals surface area contributed by atoms with Crippen LogP contribution >= 0.6 is 11.6 Å². The van der Waals surface area contributed by atoms with Gasteiger partial charge in [-0.1, -0.05) is 11.6 Å². The zero-order valence-electron chi connectivity index (χ0n) is 10.9. The second kappa shape index (κ2) is 6.11. The van der Waals surface area contributed by atoms with Crippen molar-refractivity contribution in [2.75, 3.05) is 24.1 Å². The van der Waals surface area contributed by atoms with Gasteiger partial charge in [0.05, 0.1) is 23.3 Å². The molecule has 20 heavy (non-hydrogen) atoms. The fourth-order valence-electron chi connectivity index (χ4n) is 2.34. The second-order valence-electron chi connectivity index (χ2n) is 4.82. The third-order valence-corrected chi connectivity index (χ3v) is 3.66. The van der Waals surface area contributed by atoms with Crippen LogP contribution in [0.2, 0.25) is 5.02 Å². The molecule has 5 N–H and O–H groups in total. The van der Waals surface area contributed by atoms with Crippen molar-refractivity contribution >= 4 is 34.8 Å². The molecule has 2 amide bonds. The minimum Gasteiger partial charge on any atom is -0.397 e. The monoisotopic (exact) mass is 296 g/mol. The Morgan fingerprint density at radius 3 is 2.85 bits per heavy atom. The molecule has 6 nitrogen and oxygen atoms in total. The van der Waals surface area contributed by atoms with Gasteiger partial charge in [0, 0.05) is 5.69 Å². The van der Waals surface area contributed by atoms with Gasteiger partial charge in [0.1, 0.15) is 0 Å². The molecule has 2 rings (SSSR count). The zero-order chi connectivity index (χ0) is 14.7. The number of rotatable bonds is 4. The molecule has 0 spiro atoms. The van der Waals surface area contributed by atoms with E-state index in [1.165, 1.54) is 0 Å². The van der Waals surface area contributed by atoms with Gasteiger partial charge < -0.3 is 16.8 Å². The lowest BCUT2D eigenvalue weighted by molar-refractivity contribution is -0.123. The predicted molar refractivity (Wildman–Crippen MR) is 78.3 cm³/mol. The molecule has 1 aromatic rings. The highest BCUT2D eigenvalue weighted by Crippen LogP contribution is 2.22. The molecular weight excluding hydrogens is 280 g/mol. The summed E-state index contributed by atoms with van der Waals surface area (Å²) in [6, 6.07) is 4.53. The number of likely N-dealkylation sites (tertiary alicyclic amines) is 1. The summed E-state index contributed by atoms with van der Waals surface area (Å²) < 4.78 is 0. The number of benzene rings is 1. The van der Waals surface area contributed by atoms with Gasteiger partial charge in [-0.25, -0.2) is 0 Å². The lowest BCUT2D eigenvalue weighted by Gasteiger charge is -2.21. The van der Waals surface area contributed by atoms with E-state index in [-0.39, 0.29) is 24.4 Å². The van der Waals surface area contributed by atoms with Crippen molar-refractivity contribution in [3.63, 3.8) is 0 Å². The number of nitrogens with zero attached hydrogens (tertiary/aromatic N) is 1. The number of carbonyl (C=O) groups is 2. The summed E-state index contributed by atoms with van der Waals surface area (Å²) in [5, 5.41) is 3.17. The van der Waals surface area contributed by atoms with Crippen molar-refractivity contribution in [1.29, 1.82) is 0 Å². The van der Waals surface area contributed by atoms with Crippen molar-refractivity contribution in [3.05, 3.63) is 23.2 Å². The maximum absolute atomic E-state index is 12.0. The van der Waals surface area contributed by atoms with E-state index in [0.717, 1.165) is 6.42 Å². The average molecular weight is 297 g/mol. The number of primary amides is 1. The van der Waals surface area contributed by atoms with Crippen LogP contribution in [0.15, 0.2) is 18.2 Å². The highest BCUT2D eigenvalue weighted by atomic mass is 35.5. The molecule has 0 saturated carbocycles. The molecule has 1 heterocycles. The Morgan fingerprint density at radius 1 is 1.45 bits per heavy atom. The van der Waals surface area contributed by atoms with Gasteiger partial charge in [-0.3, -0.25) is 14.5 Å². The van der Waals surface area contributed by atoms with Gasteiger partial charge in [-0.2, -0.15) is 0 Å². The topological polar surface area (TPSA) is 101 Å². The number of anilines is 2. The fourth-order valence-corrected chi connectivity index (χ4v) is 2.46. The summed E-state index contributed by atoms with van der Waals surface area (Å²) in [6.45, 7) is 0.833. The molecule has 0 radical (unpaired) electrons. The Kier molecular flexibility index (Phi) is 4.46. The predicted octanol–water partition coefficient (Wildman–Crippen LogP) is 0.810. The number of halogens is 1. The van der Waals surface area contributed by atoms with Crippen molar-refractivity contribution < 1.29 is 9.59 Å². The maximum atomic E-state index is 12.0. The standard InChI is InChI=1S/C13H17ClN4O2/c14-9-4-3-8(6-10(9)15)17-12(19)7-18-5-1-2-11(18)13(16)20/h3-4,6,11H,1-2,5,7,15H2,(H2,16,20)(H,17,19). The van der Waals surface area contributed by atoms with E-state index in [1.54, 1.807) is 23.1 Å². The smallest absolute Gasteiger partial charge is 0.238 e. The van der Waals surface area contributed by atoms with Crippen LogP contribution in [0.3, 0.4) is 0 Å². The molecule has 1 saturated heterocycles. The Bertz CT molecular complexity index is 535. The molecule has 1 atom stereocenters. The Hall–Kier alpha value is -1.79. The van der Waals surface area contributed by atoms with Crippen LogP contribution in [-0.4, -0.2) is 35.8 Å². The first-order chi connectivity index (χ1) is 9.47. The Morgan fingerprint density at radius 2 is 2.20 bits per heavy atom. The number of nitrogen functional groups attached to an aromatic ring is 1. The lowest BCUT2D eigenvalue weighted by Crippen LogP contribution is -2.43. The van der Waals surface area contributed by atoms with E-state index in [0.29, 0.717) is 29.4 Å². The first kappa shape index (κ1) is 14.6. The van der Waals surface area contributed by atoms with Crippen molar-refractivity contribution in [1.82, 2.24) is 4.90 Å². The first-order valence-electron chi connectivity index (χ1n) is 6.35. The van der Waals surface area contributed by atoms with Crippen LogP contribution in [0.25, 0.3) is 0 Å². The van der Waals surface area contributed by atoms with Crippen LogP contribution in [0, 0.1) is 0 Å². The number of hydrogen-bond donors (Lipinski definition) is 3. The van der Waals surface area contributed by atoms with Gasteiger partial charge in [-0.05, 0) is 37.6 Å². The van der Waals surface area contributed by atoms with Gasteiger partial charge in [0.2, 0.25) is 11.8 Å². The molecule has 0 aromatic heterocycles. The molecule has 1 fully saturated rings. The SMILES string of the molecule is NC(=O)C1CCCN1CC(=O)Nc1ccc(Cl)c(N)c1. The van der Waals surface area contributed by atoms with Gasteiger partial charge in [0.15, 0.2) is 0 Å². The lowest BCUT2D eigenvalue weighted by atomic mass is 10.2. The van der Waals surface area contributed by atoms with Crippen molar-refractivity contribution in [3.8, 4) is 0 Å². The third-order valence-electron chi connectivity index (χ3n) is 3.32. The summed E-state index contributed by atoms with van der Waals surface area (Å²) >= 11 is 5.81. The normalized spacial score (nSPS) is 18.9. The van der Waals surface area contributed by atoms with Crippen LogP contribution in [0.1, 0.15) is 12.8 Å². The van der Waals surface area contributed by atoms with Gasteiger partial charge in [-0.15, -0.1) is 0 Å². The van der Waals surface area contributed by atoms with Gasteiger partial charge >= 0.3 is 0 Å². The van der Waals surface area contributed by atoms with E-state index in [9.17, 15) is 9.59 Å². The summed E-state index contributed by atoms with van der Waals surface area (Å²) in [7, 11) is 0. The first-order valence-corrected chi connectivity index (χ1v) is 6.73. The number of nitrogens with one attached hydrogen (secondary N) is 1. The van der Waals surface area contributed by atoms with E-state index >= 15 is 0 Å². The molecule has 1 aliphatic rings. The van der Waals surface area contributed by atoms with Crippen LogP contribution in [0.5, 0.6) is 0 Å². The van der Waals surface area contributed by atoms with Crippen LogP contribution in [0.4, 0.5) is 11.4 Å². The fraction of sp³-hybridized carbons (Fsp3) is 0.385. The summed E-state index contributed by atoms with van der Waals surface area (Å²) in [5.74, 6) is -0.592. The highest BCUT2D eigenvalue weighted by molar-refractivity contribution is 6.33. The van der Waals surface area contributed by atoms with Crippen LogP contribution < -0.4 is 16.8 Å². The van der Waals surface area contributed by atoms with Crippen molar-refractivity contribution in [2.45, 2.75) is 18.9 Å². The minimum absolute atomic E-state index is 0.135. The maximum Gasteiger partial charge on any atom is 0.238 e. The molecule has 7 heteroatoms. The summed E-state index contributed by atoms with van der Waals surface area (Å²) in [6.07, 6.45) is 1.57. The molecule has 1 aliphatic heterocycles. The highest BCUT2D eigenvalue weighted by Gasteiger charge is 2.30. The van der Waals surface area contributed by atoms with E-state index in [4.69, 9.17) is 23.1 Å². The number of nitrogens with two attached hydrogens (primary N) is 2. The van der Waals surface area contributed by atoms with E-state index in [1.807, 2.05) is 0 Å². The largest absolute Gasteiger partial charge is 0.397 e. The second-order valence-corrected chi connectivity index (χ2v) is 5.22. The summed E-state index contributed by atoms with van der Waals surface area (Å²) in [5.41, 5.74) is 12.0. The molecule has 1 unspecified atom stereocenters. The van der Waals surface area contributed by atoms with Gasteiger partial charge in [0.25, 0.3) is 0 Å². The number of carbonyl (C=O) groups excluding carboxylic acids is 2. The summed E-state index contributed by atoms with van der Waals surface area (Å²) in [4.78, 5) is 25.0. The quantitative estimate of drug-likeness (QED) is 0.716. The minimum atomic E-state index is -0.383. The van der Waals surface area contributed by atoms with E-state index in [2.05, 4.69) is 5.32 Å². The number of hydrogen-bond acceptors (Lipinski definition) is 4. The zero-order valence-corrected chi connectivity index (χ0v) is 11.7. The molecule has 108 valence electrons. The molecule has 0 bridgehead atoms. The average Bonchev–Trinajstić information content (AvgIpc) is 2.82. The van der Waals surface area contributed by atoms with E-state index < -0.39 is 0 Å². The third kappa shape index (κ3) is 3.40. The number of amides is 2.